The molecule has 1 aliphatic carbocycles. The number of rotatable bonds is 2. The molecule has 0 bridgehead atoms. The third-order valence-corrected chi connectivity index (χ3v) is 4.70. The van der Waals surface area contributed by atoms with Crippen molar-refractivity contribution in [3.05, 3.63) is 18.0 Å². The molecule has 0 aromatic carbocycles. The van der Waals surface area contributed by atoms with E-state index in [1.54, 1.807) is 0 Å². The minimum absolute atomic E-state index is 0. The quantitative estimate of drug-likeness (QED) is 0.468. The minimum Gasteiger partial charge on any atom is -0.352 e. The summed E-state index contributed by atoms with van der Waals surface area (Å²) in [7, 11) is 3.83. The smallest absolute Gasteiger partial charge is 0.193 e. The number of nitrogens with one attached hydrogen (secondary N) is 1. The Morgan fingerprint density at radius 3 is 2.52 bits per heavy atom. The van der Waals surface area contributed by atoms with E-state index in [0.717, 1.165) is 24.3 Å². The Labute approximate surface area is 144 Å². The van der Waals surface area contributed by atoms with Crippen LogP contribution in [0.5, 0.6) is 0 Å². The van der Waals surface area contributed by atoms with E-state index in [0.29, 0.717) is 0 Å². The molecule has 1 aromatic rings. The number of aryl methyl sites for hydroxylation is 1. The molecule has 2 atom stereocenters. The number of hydrogen-bond donors (Lipinski definition) is 1. The summed E-state index contributed by atoms with van der Waals surface area (Å²) in [6.07, 6.45) is 9.59. The topological polar surface area (TPSA) is 45.5 Å². The van der Waals surface area contributed by atoms with Crippen molar-refractivity contribution < 1.29 is 0 Å². The molecule has 2 unspecified atom stereocenters. The number of aliphatic imine (C=N–C) groups is 1. The zero-order valence-electron chi connectivity index (χ0n) is 13.0. The zero-order chi connectivity index (χ0) is 13.9. The third kappa shape index (κ3) is 3.90. The van der Waals surface area contributed by atoms with E-state index in [1.165, 1.54) is 44.3 Å². The van der Waals surface area contributed by atoms with Gasteiger partial charge in [-0.3, -0.25) is 9.67 Å². The maximum absolute atomic E-state index is 4.45. The van der Waals surface area contributed by atoms with Gasteiger partial charge in [0.15, 0.2) is 5.96 Å². The Morgan fingerprint density at radius 2 is 2.00 bits per heavy atom. The molecule has 3 rings (SSSR count). The van der Waals surface area contributed by atoms with Crippen LogP contribution in [0.3, 0.4) is 0 Å². The molecule has 6 heteroatoms. The standard InChI is InChI=1S/C15H25N5.HI/c1-16-15(17-7-12-8-18-19(2)9-12)20-10-13-5-3-4-6-14(13)11-20;/h8-9,13-14H,3-7,10-11H2,1-2H3,(H,16,17);1H. The van der Waals surface area contributed by atoms with Crippen LogP contribution in [-0.2, 0) is 13.6 Å². The number of nitrogens with zero attached hydrogens (tertiary/aromatic N) is 4. The molecular weight excluding hydrogens is 377 g/mol. The average Bonchev–Trinajstić information content (AvgIpc) is 3.05. The van der Waals surface area contributed by atoms with Crippen molar-refractivity contribution in [2.45, 2.75) is 32.2 Å². The number of halogens is 1. The van der Waals surface area contributed by atoms with E-state index in [2.05, 4.69) is 20.3 Å². The van der Waals surface area contributed by atoms with E-state index >= 15 is 0 Å². The van der Waals surface area contributed by atoms with Crippen LogP contribution in [0.2, 0.25) is 0 Å². The molecule has 118 valence electrons. The van der Waals surface area contributed by atoms with Gasteiger partial charge in [0.05, 0.1) is 6.20 Å². The van der Waals surface area contributed by atoms with Crippen molar-refractivity contribution in [2.75, 3.05) is 20.1 Å². The number of hydrogen-bond acceptors (Lipinski definition) is 2. The molecule has 1 saturated carbocycles. The van der Waals surface area contributed by atoms with Crippen LogP contribution in [0.4, 0.5) is 0 Å². The van der Waals surface area contributed by atoms with Gasteiger partial charge in [0.25, 0.3) is 0 Å². The molecule has 0 spiro atoms. The molecule has 1 saturated heterocycles. The van der Waals surface area contributed by atoms with Crippen LogP contribution in [-0.4, -0.2) is 40.8 Å². The molecule has 5 nitrogen and oxygen atoms in total. The predicted octanol–water partition coefficient (Wildman–Crippen LogP) is 2.24. The molecule has 0 radical (unpaired) electrons. The lowest BCUT2D eigenvalue weighted by Gasteiger charge is -2.22. The van der Waals surface area contributed by atoms with E-state index in [9.17, 15) is 0 Å². The normalized spacial score (nSPS) is 25.4. The third-order valence-electron chi connectivity index (χ3n) is 4.70. The van der Waals surface area contributed by atoms with Gasteiger partial charge in [-0.15, -0.1) is 24.0 Å². The molecule has 0 amide bonds. The highest BCUT2D eigenvalue weighted by atomic mass is 127. The summed E-state index contributed by atoms with van der Waals surface area (Å²) in [6.45, 7) is 3.15. The number of guanidine groups is 1. The van der Waals surface area contributed by atoms with Gasteiger partial charge < -0.3 is 10.2 Å². The summed E-state index contributed by atoms with van der Waals surface area (Å²) in [4.78, 5) is 6.90. The molecule has 1 N–H and O–H groups in total. The molecule has 1 aliphatic heterocycles. The Morgan fingerprint density at radius 1 is 1.33 bits per heavy atom. The Hall–Kier alpha value is -0.790. The van der Waals surface area contributed by atoms with Crippen molar-refractivity contribution >= 4 is 29.9 Å². The van der Waals surface area contributed by atoms with Crippen LogP contribution >= 0.6 is 24.0 Å². The first-order valence-electron chi connectivity index (χ1n) is 7.69. The Bertz CT molecular complexity index is 470. The van der Waals surface area contributed by atoms with Crippen molar-refractivity contribution in [3.8, 4) is 0 Å². The lowest BCUT2D eigenvalue weighted by Crippen LogP contribution is -2.39. The Balaban J connectivity index is 0.00000161. The van der Waals surface area contributed by atoms with Gasteiger partial charge in [-0.25, -0.2) is 0 Å². The number of likely N-dealkylation sites (tertiary alicyclic amines) is 1. The fraction of sp³-hybridized carbons (Fsp3) is 0.733. The second kappa shape index (κ2) is 7.47. The van der Waals surface area contributed by atoms with Crippen LogP contribution in [0, 0.1) is 11.8 Å². The van der Waals surface area contributed by atoms with Crippen molar-refractivity contribution in [1.29, 1.82) is 0 Å². The van der Waals surface area contributed by atoms with Crippen molar-refractivity contribution in [3.63, 3.8) is 0 Å². The molecule has 2 heterocycles. The highest BCUT2D eigenvalue weighted by Gasteiger charge is 2.35. The molecule has 1 aromatic heterocycles. The van der Waals surface area contributed by atoms with E-state index < -0.39 is 0 Å². The highest BCUT2D eigenvalue weighted by molar-refractivity contribution is 14.0. The second-order valence-corrected chi connectivity index (χ2v) is 6.13. The van der Waals surface area contributed by atoms with E-state index in [-0.39, 0.29) is 24.0 Å². The highest BCUT2D eigenvalue weighted by Crippen LogP contribution is 2.35. The van der Waals surface area contributed by atoms with Gasteiger partial charge >= 0.3 is 0 Å². The minimum atomic E-state index is 0. The van der Waals surface area contributed by atoms with E-state index in [1.807, 2.05) is 31.2 Å². The molecule has 2 fully saturated rings. The monoisotopic (exact) mass is 403 g/mol. The lowest BCUT2D eigenvalue weighted by atomic mass is 9.82. The van der Waals surface area contributed by atoms with Crippen LogP contribution in [0.1, 0.15) is 31.2 Å². The fourth-order valence-electron chi connectivity index (χ4n) is 3.66. The largest absolute Gasteiger partial charge is 0.352 e. The van der Waals surface area contributed by atoms with Gasteiger partial charge in [-0.1, -0.05) is 12.8 Å². The fourth-order valence-corrected chi connectivity index (χ4v) is 3.66. The number of fused-ring (bicyclic) bond motifs is 1. The molecular formula is C15H26IN5. The lowest BCUT2D eigenvalue weighted by molar-refractivity contribution is 0.299. The SMILES string of the molecule is CN=C(NCc1cnn(C)c1)N1CC2CCCCC2C1.I. The number of aromatic nitrogens is 2. The maximum atomic E-state index is 4.45. The second-order valence-electron chi connectivity index (χ2n) is 6.13. The maximum Gasteiger partial charge on any atom is 0.193 e. The molecule has 21 heavy (non-hydrogen) atoms. The van der Waals surface area contributed by atoms with Gasteiger partial charge in [-0.05, 0) is 24.7 Å². The van der Waals surface area contributed by atoms with Crippen molar-refractivity contribution in [2.24, 2.45) is 23.9 Å². The van der Waals surface area contributed by atoms with Crippen LogP contribution in [0.25, 0.3) is 0 Å². The van der Waals surface area contributed by atoms with Gasteiger partial charge in [0.2, 0.25) is 0 Å². The summed E-state index contributed by atoms with van der Waals surface area (Å²) < 4.78 is 1.84. The first-order chi connectivity index (χ1) is 9.76. The van der Waals surface area contributed by atoms with Gasteiger partial charge in [0, 0.05) is 45.5 Å². The predicted molar refractivity (Wildman–Crippen MR) is 95.8 cm³/mol. The average molecular weight is 403 g/mol. The first kappa shape index (κ1) is 16.6. The van der Waals surface area contributed by atoms with Gasteiger partial charge in [-0.2, -0.15) is 5.10 Å². The first-order valence-corrected chi connectivity index (χ1v) is 7.69. The summed E-state index contributed by atoms with van der Waals surface area (Å²) in [5.41, 5.74) is 1.20. The zero-order valence-corrected chi connectivity index (χ0v) is 15.3. The van der Waals surface area contributed by atoms with E-state index in [4.69, 9.17) is 0 Å². The summed E-state index contributed by atoms with van der Waals surface area (Å²) in [5, 5.41) is 7.67. The van der Waals surface area contributed by atoms with Crippen LogP contribution in [0.15, 0.2) is 17.4 Å². The summed E-state index contributed by atoms with van der Waals surface area (Å²) >= 11 is 0. The van der Waals surface area contributed by atoms with Gasteiger partial charge in [0.1, 0.15) is 0 Å². The Kier molecular flexibility index (Phi) is 5.89. The summed E-state index contributed by atoms with van der Waals surface area (Å²) in [5.74, 6) is 2.82. The van der Waals surface area contributed by atoms with Crippen molar-refractivity contribution in [1.82, 2.24) is 20.0 Å². The molecule has 2 aliphatic rings. The van der Waals surface area contributed by atoms with Crippen LogP contribution < -0.4 is 5.32 Å². The summed E-state index contributed by atoms with van der Waals surface area (Å²) in [6, 6.07) is 0.